The second-order valence-corrected chi connectivity index (χ2v) is 10.9. The fraction of sp³-hybridized carbons (Fsp3) is 0.464. The molecule has 0 saturated heterocycles. The third-order valence-electron chi connectivity index (χ3n) is 8.11. The zero-order valence-electron chi connectivity index (χ0n) is 19.6. The Hall–Kier alpha value is -2.35. The molecule has 4 aromatic rings. The zero-order valence-corrected chi connectivity index (χ0v) is 19.6. The maximum absolute atomic E-state index is 2.64. The van der Waals surface area contributed by atoms with E-state index in [-0.39, 0.29) is 16.4 Å². The summed E-state index contributed by atoms with van der Waals surface area (Å²) in [5.41, 5.74) is 7.41. The Balaban J connectivity index is 2.09. The van der Waals surface area contributed by atoms with Crippen LogP contribution in [0.1, 0.15) is 72.4 Å². The van der Waals surface area contributed by atoms with Crippen LogP contribution in [0.5, 0.6) is 0 Å². The largest absolute Gasteiger partial charge is 0.240 e. The molecule has 3 heterocycles. The average molecular weight is 400 g/mol. The lowest BCUT2D eigenvalue weighted by molar-refractivity contribution is -0.807. The smallest absolute Gasteiger partial charge is 0.119 e. The zero-order chi connectivity index (χ0) is 21.5. The molecule has 2 nitrogen and oxygen atoms in total. The second-order valence-electron chi connectivity index (χ2n) is 10.9. The number of nitrogens with zero attached hydrogens (tertiary/aromatic N) is 2. The van der Waals surface area contributed by atoms with Crippen molar-refractivity contribution < 1.29 is 4.68 Å². The van der Waals surface area contributed by atoms with Crippen LogP contribution in [0.25, 0.3) is 27.3 Å². The lowest BCUT2D eigenvalue weighted by Crippen LogP contribution is -2.69. The molecule has 2 aromatic carbocycles. The van der Waals surface area contributed by atoms with Crippen molar-refractivity contribution in [2.24, 2.45) is 5.41 Å². The Labute approximate surface area is 180 Å². The van der Waals surface area contributed by atoms with E-state index >= 15 is 0 Å². The van der Waals surface area contributed by atoms with E-state index in [1.165, 1.54) is 38.4 Å². The maximum atomic E-state index is 2.64. The highest BCUT2D eigenvalue weighted by Crippen LogP contribution is 2.49. The van der Waals surface area contributed by atoms with Gasteiger partial charge in [0.2, 0.25) is 5.52 Å². The minimum Gasteiger partial charge on any atom is -0.119 e. The van der Waals surface area contributed by atoms with Gasteiger partial charge in [-0.1, -0.05) is 69.6 Å². The third-order valence-corrected chi connectivity index (χ3v) is 8.11. The van der Waals surface area contributed by atoms with Crippen LogP contribution in [0.15, 0.2) is 48.5 Å². The molecule has 0 amide bonds. The number of fused-ring (bicyclic) bond motifs is 3. The first-order valence-electron chi connectivity index (χ1n) is 11.6. The molecule has 1 aliphatic heterocycles. The lowest BCUT2D eigenvalue weighted by atomic mass is 9.63. The molecule has 2 heteroatoms. The topological polar surface area (TPSA) is 8.29 Å². The quantitative estimate of drug-likeness (QED) is 0.330. The van der Waals surface area contributed by atoms with Crippen molar-refractivity contribution in [2.75, 3.05) is 0 Å². The molecule has 0 radical (unpaired) electrons. The van der Waals surface area contributed by atoms with E-state index in [0.717, 1.165) is 19.3 Å². The highest BCUT2D eigenvalue weighted by atomic mass is 15.4. The second kappa shape index (κ2) is 6.09. The van der Waals surface area contributed by atoms with Gasteiger partial charge in [-0.05, 0) is 48.4 Å². The summed E-state index contributed by atoms with van der Waals surface area (Å²) in [7, 11) is 0. The van der Waals surface area contributed by atoms with Gasteiger partial charge >= 0.3 is 0 Å². The first-order valence-corrected chi connectivity index (χ1v) is 11.6. The fourth-order valence-corrected chi connectivity index (χ4v) is 6.12. The molecule has 0 bridgehead atoms. The Morgan fingerprint density at radius 2 is 1.60 bits per heavy atom. The maximum Gasteiger partial charge on any atom is 0.240 e. The predicted molar refractivity (Wildman–Crippen MR) is 127 cm³/mol. The van der Waals surface area contributed by atoms with Gasteiger partial charge in [0.05, 0.1) is 10.8 Å². The Morgan fingerprint density at radius 1 is 0.900 bits per heavy atom. The van der Waals surface area contributed by atoms with E-state index in [1.54, 1.807) is 0 Å². The number of hydrogen-bond acceptors (Lipinski definition) is 0. The van der Waals surface area contributed by atoms with Crippen LogP contribution < -0.4 is 4.68 Å². The Morgan fingerprint density at radius 3 is 2.27 bits per heavy atom. The number of hydrogen-bond donors (Lipinski definition) is 0. The van der Waals surface area contributed by atoms with Gasteiger partial charge < -0.3 is 0 Å². The lowest BCUT2D eigenvalue weighted by Gasteiger charge is -2.44. The number of para-hydroxylation sites is 2. The van der Waals surface area contributed by atoms with Crippen LogP contribution >= 0.6 is 0 Å². The van der Waals surface area contributed by atoms with Crippen LogP contribution in [0.2, 0.25) is 0 Å². The summed E-state index contributed by atoms with van der Waals surface area (Å²) < 4.78 is 5.19. The standard InChI is InChI=1S/C28H35N2/c1-8-27(6)22-15-12-14-20-19(18-26(3,4)5)17-24-21-13-10-11-16-23(21)30(28(27,7)9-2)29(24)25(20)22/h10-17H,8-9,18H2,1-7H3/q+1. The van der Waals surface area contributed by atoms with Gasteiger partial charge in [0.25, 0.3) is 0 Å². The molecule has 0 aliphatic carbocycles. The van der Waals surface area contributed by atoms with Crippen LogP contribution in [0.3, 0.4) is 0 Å². The van der Waals surface area contributed by atoms with E-state index in [1.807, 2.05) is 0 Å². The Kier molecular flexibility index (Phi) is 3.98. The first kappa shape index (κ1) is 19.6. The molecule has 2 aromatic heterocycles. The van der Waals surface area contributed by atoms with Gasteiger partial charge in [0, 0.05) is 24.8 Å². The number of benzene rings is 2. The molecule has 0 saturated carbocycles. The first-order chi connectivity index (χ1) is 14.2. The summed E-state index contributed by atoms with van der Waals surface area (Å²) in [5, 5.41) is 2.78. The molecule has 2 unspecified atom stereocenters. The van der Waals surface area contributed by atoms with E-state index < -0.39 is 0 Å². The summed E-state index contributed by atoms with van der Waals surface area (Å²) in [4.78, 5) is 0. The van der Waals surface area contributed by atoms with Crippen molar-refractivity contribution in [1.29, 1.82) is 0 Å². The Bertz CT molecular complexity index is 1300. The molecule has 30 heavy (non-hydrogen) atoms. The van der Waals surface area contributed by atoms with Crippen molar-refractivity contribution in [2.45, 2.75) is 78.7 Å². The van der Waals surface area contributed by atoms with Gasteiger partial charge in [-0.3, -0.25) is 0 Å². The van der Waals surface area contributed by atoms with Crippen LogP contribution in [0, 0.1) is 5.41 Å². The highest BCUT2D eigenvalue weighted by molar-refractivity contribution is 5.99. The molecule has 1 aliphatic rings. The van der Waals surface area contributed by atoms with E-state index in [4.69, 9.17) is 0 Å². The van der Waals surface area contributed by atoms with E-state index in [0.29, 0.717) is 0 Å². The number of pyridine rings is 1. The fourth-order valence-electron chi connectivity index (χ4n) is 6.12. The van der Waals surface area contributed by atoms with Crippen LogP contribution in [-0.4, -0.2) is 4.52 Å². The molecule has 0 fully saturated rings. The SMILES string of the molecule is CCC1(C)c2cccc3c(CC(C)(C)C)cc4c5ccccc5[n+](n4c23)C1(C)CC. The molecule has 5 rings (SSSR count). The van der Waals surface area contributed by atoms with Gasteiger partial charge in [0.15, 0.2) is 5.54 Å². The van der Waals surface area contributed by atoms with Crippen molar-refractivity contribution in [3.05, 3.63) is 59.7 Å². The summed E-state index contributed by atoms with van der Waals surface area (Å²) in [5.74, 6) is 0. The number of aromatic nitrogens is 2. The molecule has 0 N–H and O–H groups in total. The molecule has 0 spiro atoms. The van der Waals surface area contributed by atoms with Gasteiger partial charge in [-0.25, -0.2) is 0 Å². The van der Waals surface area contributed by atoms with Crippen molar-refractivity contribution in [3.8, 4) is 0 Å². The van der Waals surface area contributed by atoms with E-state index in [2.05, 4.69) is 106 Å². The minimum absolute atomic E-state index is 0.000592. The van der Waals surface area contributed by atoms with Crippen molar-refractivity contribution in [1.82, 2.24) is 4.52 Å². The highest BCUT2D eigenvalue weighted by Gasteiger charge is 2.57. The monoisotopic (exact) mass is 399 g/mol. The third kappa shape index (κ3) is 2.28. The van der Waals surface area contributed by atoms with Crippen LogP contribution in [0.4, 0.5) is 0 Å². The average Bonchev–Trinajstić information content (AvgIpc) is 3.05. The van der Waals surface area contributed by atoms with Gasteiger partial charge in [-0.15, -0.1) is 4.52 Å². The molecular weight excluding hydrogens is 364 g/mol. The van der Waals surface area contributed by atoms with Gasteiger partial charge in [0.1, 0.15) is 11.0 Å². The number of rotatable bonds is 3. The normalized spacial score (nSPS) is 23.8. The van der Waals surface area contributed by atoms with Crippen molar-refractivity contribution >= 4 is 27.3 Å². The molecular formula is C28H35N2+. The van der Waals surface area contributed by atoms with Gasteiger partial charge in [-0.2, -0.15) is 0 Å². The van der Waals surface area contributed by atoms with Crippen molar-refractivity contribution in [3.63, 3.8) is 0 Å². The minimum atomic E-state index is 0.000592. The summed E-state index contributed by atoms with van der Waals surface area (Å²) >= 11 is 0. The predicted octanol–water partition coefficient (Wildman–Crippen LogP) is 6.93. The summed E-state index contributed by atoms with van der Waals surface area (Å²) in [6.07, 6.45) is 3.29. The summed E-state index contributed by atoms with van der Waals surface area (Å²) in [6.45, 7) is 16.7. The van der Waals surface area contributed by atoms with Crippen LogP contribution in [-0.2, 0) is 17.4 Å². The summed E-state index contributed by atoms with van der Waals surface area (Å²) in [6, 6.07) is 18.5. The molecule has 156 valence electrons. The molecule has 2 atom stereocenters. The van der Waals surface area contributed by atoms with E-state index in [9.17, 15) is 0 Å².